The van der Waals surface area contributed by atoms with Crippen LogP contribution in [-0.4, -0.2) is 36.6 Å². The molecule has 1 aromatic rings. The molecule has 0 radical (unpaired) electrons. The first-order chi connectivity index (χ1) is 8.69. The fourth-order valence-corrected chi connectivity index (χ4v) is 2.93. The van der Waals surface area contributed by atoms with Crippen LogP contribution in [0.5, 0.6) is 0 Å². The first-order valence-corrected chi connectivity index (χ1v) is 7.26. The largest absolute Gasteiger partial charge is 0.396 e. The second-order valence-corrected chi connectivity index (χ2v) is 6.32. The number of nitrogens with zero attached hydrogens (tertiary/aromatic N) is 1. The minimum atomic E-state index is -3.74. The van der Waals surface area contributed by atoms with Crippen LogP contribution in [0, 0.1) is 5.92 Å². The molecule has 2 unspecified atom stereocenters. The summed E-state index contributed by atoms with van der Waals surface area (Å²) in [5.74, 6) is -0.908. The molecule has 19 heavy (non-hydrogen) atoms. The first kappa shape index (κ1) is 15.7. The van der Waals surface area contributed by atoms with Gasteiger partial charge >= 0.3 is 0 Å². The normalized spacial score (nSPS) is 15.2. The minimum Gasteiger partial charge on any atom is -0.396 e. The highest BCUT2D eigenvalue weighted by molar-refractivity contribution is 7.89. The molecule has 1 aromatic heterocycles. The number of carbonyl (C=O) groups excluding carboxylic acids is 1. The zero-order valence-electron chi connectivity index (χ0n) is 11.1. The van der Waals surface area contributed by atoms with Crippen molar-refractivity contribution >= 4 is 15.9 Å². The molecule has 4 N–H and O–H groups in total. The number of hydrogen-bond donors (Lipinski definition) is 3. The maximum atomic E-state index is 12.1. The Hall–Kier alpha value is -1.38. The number of nitrogens with two attached hydrogens (primary N) is 1. The number of primary amides is 1. The summed E-state index contributed by atoms with van der Waals surface area (Å²) >= 11 is 0. The second-order valence-electron chi connectivity index (χ2n) is 4.61. The van der Waals surface area contributed by atoms with E-state index < -0.39 is 22.0 Å². The average Bonchev–Trinajstić information content (AvgIpc) is 2.70. The van der Waals surface area contributed by atoms with Gasteiger partial charge in [-0.25, -0.2) is 13.1 Å². The standard InChI is InChI=1S/C11H19N3O4S/c1-7(6-15)8(2)13-19(17,18)9-4-10(11(12)16)14(3)5-9/h4-5,7-8,13,15H,6H2,1-3H3,(H2,12,16). The predicted octanol–water partition coefficient (Wildman–Crippen LogP) is -0.581. The molecule has 0 aliphatic rings. The van der Waals surface area contributed by atoms with Crippen molar-refractivity contribution in [2.24, 2.45) is 18.7 Å². The third-order valence-corrected chi connectivity index (χ3v) is 4.55. The van der Waals surface area contributed by atoms with E-state index in [4.69, 9.17) is 10.8 Å². The Kier molecular flexibility index (Phi) is 4.72. The molecular formula is C11H19N3O4S. The monoisotopic (exact) mass is 289 g/mol. The summed E-state index contributed by atoms with van der Waals surface area (Å²) in [6.07, 6.45) is 1.32. The molecule has 0 aliphatic carbocycles. The van der Waals surface area contributed by atoms with E-state index in [2.05, 4.69) is 4.72 Å². The second kappa shape index (κ2) is 5.72. The molecule has 108 valence electrons. The molecule has 0 aliphatic heterocycles. The molecule has 0 bridgehead atoms. The van der Waals surface area contributed by atoms with Gasteiger partial charge in [-0.3, -0.25) is 4.79 Å². The van der Waals surface area contributed by atoms with E-state index in [0.29, 0.717) is 0 Å². The van der Waals surface area contributed by atoms with Crippen molar-refractivity contribution in [1.29, 1.82) is 0 Å². The summed E-state index contributed by atoms with van der Waals surface area (Å²) in [6, 6.07) is 0.799. The van der Waals surface area contributed by atoms with Crippen molar-refractivity contribution in [3.8, 4) is 0 Å². The van der Waals surface area contributed by atoms with Gasteiger partial charge in [-0.1, -0.05) is 6.92 Å². The third kappa shape index (κ3) is 3.55. The molecule has 8 heteroatoms. The van der Waals surface area contributed by atoms with E-state index >= 15 is 0 Å². The van der Waals surface area contributed by atoms with Crippen molar-refractivity contribution in [3.05, 3.63) is 18.0 Å². The summed E-state index contributed by atoms with van der Waals surface area (Å²) in [7, 11) is -2.20. The lowest BCUT2D eigenvalue weighted by atomic mass is 10.1. The Balaban J connectivity index is 3.01. The lowest BCUT2D eigenvalue weighted by Crippen LogP contribution is -2.38. The number of nitrogens with one attached hydrogen (secondary N) is 1. The van der Waals surface area contributed by atoms with Crippen LogP contribution in [0.25, 0.3) is 0 Å². The zero-order chi connectivity index (χ0) is 14.8. The number of aliphatic hydroxyl groups excluding tert-OH is 1. The molecule has 7 nitrogen and oxygen atoms in total. The highest BCUT2D eigenvalue weighted by Gasteiger charge is 2.23. The molecule has 1 rings (SSSR count). The minimum absolute atomic E-state index is 0.0270. The third-order valence-electron chi connectivity index (χ3n) is 3.03. The lowest BCUT2D eigenvalue weighted by Gasteiger charge is -2.18. The van der Waals surface area contributed by atoms with Gasteiger partial charge in [-0.05, 0) is 18.9 Å². The fourth-order valence-electron chi connectivity index (χ4n) is 1.51. The number of amides is 1. The number of aliphatic hydroxyl groups is 1. The van der Waals surface area contributed by atoms with E-state index in [9.17, 15) is 13.2 Å². The van der Waals surface area contributed by atoms with Gasteiger partial charge in [0, 0.05) is 25.9 Å². The van der Waals surface area contributed by atoms with Crippen LogP contribution < -0.4 is 10.5 Å². The van der Waals surface area contributed by atoms with Crippen molar-refractivity contribution in [2.45, 2.75) is 24.8 Å². The Morgan fingerprint density at radius 2 is 2.11 bits per heavy atom. The van der Waals surface area contributed by atoms with E-state index in [-0.39, 0.29) is 23.1 Å². The van der Waals surface area contributed by atoms with Crippen molar-refractivity contribution in [2.75, 3.05) is 6.61 Å². The molecule has 0 fully saturated rings. The summed E-state index contributed by atoms with van der Waals surface area (Å²) in [4.78, 5) is 11.1. The number of rotatable bonds is 6. The van der Waals surface area contributed by atoms with E-state index in [1.54, 1.807) is 20.9 Å². The van der Waals surface area contributed by atoms with Crippen LogP contribution in [-0.2, 0) is 17.1 Å². The molecule has 0 aromatic carbocycles. The predicted molar refractivity (Wildman–Crippen MR) is 70.0 cm³/mol. The quantitative estimate of drug-likeness (QED) is 0.650. The Bertz CT molecular complexity index is 564. The Morgan fingerprint density at radius 1 is 1.53 bits per heavy atom. The van der Waals surface area contributed by atoms with Gasteiger partial charge in [-0.15, -0.1) is 0 Å². The molecule has 0 saturated carbocycles. The van der Waals surface area contributed by atoms with Gasteiger partial charge in [0.15, 0.2) is 0 Å². The Morgan fingerprint density at radius 3 is 2.53 bits per heavy atom. The molecule has 1 amide bonds. The van der Waals surface area contributed by atoms with Gasteiger partial charge in [0.05, 0.1) is 0 Å². The number of sulfonamides is 1. The zero-order valence-corrected chi connectivity index (χ0v) is 11.9. The van der Waals surface area contributed by atoms with Crippen molar-refractivity contribution in [1.82, 2.24) is 9.29 Å². The average molecular weight is 289 g/mol. The molecule has 2 atom stereocenters. The maximum Gasteiger partial charge on any atom is 0.265 e. The molecule has 0 spiro atoms. The highest BCUT2D eigenvalue weighted by Crippen LogP contribution is 2.14. The van der Waals surface area contributed by atoms with Crippen LogP contribution in [0.3, 0.4) is 0 Å². The molecular weight excluding hydrogens is 270 g/mol. The number of carbonyl (C=O) groups is 1. The molecule has 1 heterocycles. The van der Waals surface area contributed by atoms with Crippen LogP contribution in [0.2, 0.25) is 0 Å². The first-order valence-electron chi connectivity index (χ1n) is 5.78. The van der Waals surface area contributed by atoms with Crippen LogP contribution in [0.1, 0.15) is 24.3 Å². The summed E-state index contributed by atoms with van der Waals surface area (Å²) in [5.41, 5.74) is 5.25. The van der Waals surface area contributed by atoms with E-state index in [1.807, 2.05) is 0 Å². The van der Waals surface area contributed by atoms with Crippen LogP contribution in [0.4, 0.5) is 0 Å². The summed E-state index contributed by atoms with van der Waals surface area (Å²) in [5, 5.41) is 8.99. The SMILES string of the molecule is CC(CO)C(C)NS(=O)(=O)c1cc(C(N)=O)n(C)c1. The Labute approximate surface area is 112 Å². The van der Waals surface area contributed by atoms with Gasteiger partial charge in [0.1, 0.15) is 10.6 Å². The van der Waals surface area contributed by atoms with E-state index in [1.165, 1.54) is 16.8 Å². The van der Waals surface area contributed by atoms with Crippen LogP contribution >= 0.6 is 0 Å². The number of aromatic nitrogens is 1. The number of hydrogen-bond acceptors (Lipinski definition) is 4. The summed E-state index contributed by atoms with van der Waals surface area (Å²) in [6.45, 7) is 3.27. The topological polar surface area (TPSA) is 114 Å². The number of aryl methyl sites for hydroxylation is 1. The fraction of sp³-hybridized carbons (Fsp3) is 0.545. The van der Waals surface area contributed by atoms with Gasteiger partial charge in [0.25, 0.3) is 5.91 Å². The summed E-state index contributed by atoms with van der Waals surface area (Å²) < 4.78 is 28.0. The van der Waals surface area contributed by atoms with Crippen LogP contribution in [0.15, 0.2) is 17.2 Å². The molecule has 0 saturated heterocycles. The van der Waals surface area contributed by atoms with E-state index in [0.717, 1.165) is 0 Å². The van der Waals surface area contributed by atoms with Gasteiger partial charge < -0.3 is 15.4 Å². The van der Waals surface area contributed by atoms with Gasteiger partial charge in [0.2, 0.25) is 10.0 Å². The van der Waals surface area contributed by atoms with Crippen molar-refractivity contribution in [3.63, 3.8) is 0 Å². The lowest BCUT2D eigenvalue weighted by molar-refractivity contribution is 0.0992. The highest BCUT2D eigenvalue weighted by atomic mass is 32.2. The van der Waals surface area contributed by atoms with Gasteiger partial charge in [-0.2, -0.15) is 0 Å². The smallest absolute Gasteiger partial charge is 0.265 e. The maximum absolute atomic E-state index is 12.1. The van der Waals surface area contributed by atoms with Crippen molar-refractivity contribution < 1.29 is 18.3 Å².